The van der Waals surface area contributed by atoms with Crippen LogP contribution in [0, 0.1) is 10.9 Å². The van der Waals surface area contributed by atoms with E-state index < -0.39 is 5.82 Å². The number of halogens is 2. The van der Waals surface area contributed by atoms with Crippen LogP contribution in [0.2, 0.25) is 0 Å². The van der Waals surface area contributed by atoms with Crippen LogP contribution in [0.1, 0.15) is 0 Å². The highest BCUT2D eigenvalue weighted by atomic mass is 32.1. The maximum Gasteiger partial charge on any atom is 0.178 e. The second kappa shape index (κ2) is 6.71. The molecule has 0 bridgehead atoms. The summed E-state index contributed by atoms with van der Waals surface area (Å²) in [6, 6.07) is 4.87. The molecule has 0 saturated heterocycles. The summed E-state index contributed by atoms with van der Waals surface area (Å²) in [7, 11) is 0. The van der Waals surface area contributed by atoms with Crippen molar-refractivity contribution in [1.82, 2.24) is 40.1 Å². The highest BCUT2D eigenvalue weighted by Crippen LogP contribution is 2.35. The van der Waals surface area contributed by atoms with E-state index in [1.807, 2.05) is 0 Å². The molecule has 31 heavy (non-hydrogen) atoms. The summed E-state index contributed by atoms with van der Waals surface area (Å²) in [6.45, 7) is 0. The van der Waals surface area contributed by atoms with Crippen LogP contribution in [0.4, 0.5) is 8.78 Å². The van der Waals surface area contributed by atoms with Crippen LogP contribution in [0.25, 0.3) is 55.3 Å². The fourth-order valence-corrected chi connectivity index (χ4v) is 4.22. The number of hydrogen-bond acceptors (Lipinski definition) is 7. The minimum absolute atomic E-state index is 0.111. The van der Waals surface area contributed by atoms with Crippen molar-refractivity contribution in [1.29, 1.82) is 0 Å². The number of imidazole rings is 1. The van der Waals surface area contributed by atoms with Gasteiger partial charge in [0.1, 0.15) is 17.7 Å². The van der Waals surface area contributed by atoms with Gasteiger partial charge in [-0.25, -0.2) is 24.3 Å². The van der Waals surface area contributed by atoms with Gasteiger partial charge in [0.05, 0.1) is 22.6 Å². The first-order valence-electron chi connectivity index (χ1n) is 9.08. The van der Waals surface area contributed by atoms with Crippen molar-refractivity contribution < 1.29 is 8.78 Å². The molecule has 11 heteroatoms. The lowest BCUT2D eigenvalue weighted by Crippen LogP contribution is -1.93. The van der Waals surface area contributed by atoms with Crippen LogP contribution in [0.15, 0.2) is 49.3 Å². The summed E-state index contributed by atoms with van der Waals surface area (Å²) in [5.41, 5.74) is 3.05. The largest absolute Gasteiger partial charge is 0.335 e. The number of nitrogens with one attached hydrogen (secondary N) is 2. The van der Waals surface area contributed by atoms with Crippen LogP contribution in [0.5, 0.6) is 0 Å². The van der Waals surface area contributed by atoms with E-state index in [4.69, 9.17) is 0 Å². The Hall–Kier alpha value is -4.12. The fourth-order valence-electron chi connectivity index (χ4n) is 3.46. The number of aromatic amines is 2. The second-order valence-electron chi connectivity index (χ2n) is 6.66. The number of pyridine rings is 2. The van der Waals surface area contributed by atoms with Gasteiger partial charge in [-0.1, -0.05) is 0 Å². The van der Waals surface area contributed by atoms with Crippen molar-refractivity contribution in [2.24, 2.45) is 0 Å². The molecule has 0 unspecified atom stereocenters. The van der Waals surface area contributed by atoms with Crippen LogP contribution < -0.4 is 0 Å². The van der Waals surface area contributed by atoms with E-state index in [1.54, 1.807) is 18.3 Å². The molecule has 6 aromatic heterocycles. The zero-order valence-corrected chi connectivity index (χ0v) is 16.3. The number of fused-ring (bicyclic) bond motifs is 2. The van der Waals surface area contributed by atoms with E-state index >= 15 is 4.39 Å². The average molecular weight is 432 g/mol. The van der Waals surface area contributed by atoms with Crippen molar-refractivity contribution >= 4 is 33.4 Å². The van der Waals surface area contributed by atoms with E-state index in [0.29, 0.717) is 28.1 Å². The van der Waals surface area contributed by atoms with Gasteiger partial charge in [0.2, 0.25) is 0 Å². The summed E-state index contributed by atoms with van der Waals surface area (Å²) in [4.78, 5) is 24.7. The predicted octanol–water partition coefficient (Wildman–Crippen LogP) is 4.36. The Balaban J connectivity index is 1.56. The normalized spacial score (nSPS) is 11.5. The Labute approximate surface area is 176 Å². The zero-order valence-electron chi connectivity index (χ0n) is 15.5. The van der Waals surface area contributed by atoms with Gasteiger partial charge in [-0.05, 0) is 18.2 Å². The lowest BCUT2D eigenvalue weighted by atomic mass is 10.1. The van der Waals surface area contributed by atoms with Gasteiger partial charge < -0.3 is 4.98 Å². The summed E-state index contributed by atoms with van der Waals surface area (Å²) >= 11 is 1.02. The fraction of sp³-hybridized carbons (Fsp3) is 0. The number of nitrogens with zero attached hydrogens (tertiary/aromatic N) is 6. The Kier molecular flexibility index (Phi) is 3.83. The second-order valence-corrected chi connectivity index (χ2v) is 7.69. The maximum absolute atomic E-state index is 15.5. The van der Waals surface area contributed by atoms with E-state index in [2.05, 4.69) is 40.1 Å². The Morgan fingerprint density at radius 2 is 1.81 bits per heavy atom. The molecule has 0 amide bonds. The molecule has 6 rings (SSSR count). The monoisotopic (exact) mass is 432 g/mol. The summed E-state index contributed by atoms with van der Waals surface area (Å²) in [5.74, 6) is -0.233. The number of rotatable bonds is 3. The maximum atomic E-state index is 15.5. The highest BCUT2D eigenvalue weighted by molar-refractivity contribution is 7.14. The van der Waals surface area contributed by atoms with E-state index in [9.17, 15) is 4.39 Å². The summed E-state index contributed by atoms with van der Waals surface area (Å²) < 4.78 is 29.0. The molecule has 0 fully saturated rings. The van der Waals surface area contributed by atoms with Crippen molar-refractivity contribution in [3.8, 4) is 33.2 Å². The summed E-state index contributed by atoms with van der Waals surface area (Å²) in [6.07, 6.45) is 7.43. The van der Waals surface area contributed by atoms with Crippen LogP contribution >= 0.6 is 11.3 Å². The molecule has 0 radical (unpaired) electrons. The average Bonchev–Trinajstić information content (AvgIpc) is 3.52. The van der Waals surface area contributed by atoms with Crippen molar-refractivity contribution in [2.45, 2.75) is 0 Å². The minimum atomic E-state index is -0.565. The third kappa shape index (κ3) is 2.78. The zero-order chi connectivity index (χ0) is 20.9. The van der Waals surface area contributed by atoms with Crippen LogP contribution in [0.3, 0.4) is 0 Å². The first kappa shape index (κ1) is 17.7. The number of aromatic nitrogens is 8. The number of thiophene rings is 1. The molecule has 0 atom stereocenters. The molecule has 0 aliphatic rings. The van der Waals surface area contributed by atoms with Gasteiger partial charge in [-0.2, -0.15) is 9.49 Å². The molecular formula is C20H10F2N8S. The van der Waals surface area contributed by atoms with Gasteiger partial charge in [0.15, 0.2) is 22.4 Å². The Morgan fingerprint density at radius 3 is 2.61 bits per heavy atom. The lowest BCUT2D eigenvalue weighted by molar-refractivity contribution is 0.638. The number of H-pyrrole nitrogens is 2. The molecule has 0 saturated carbocycles. The molecule has 0 spiro atoms. The topological polar surface area (TPSA) is 109 Å². The van der Waals surface area contributed by atoms with E-state index in [-0.39, 0.29) is 21.9 Å². The molecule has 0 aromatic carbocycles. The predicted molar refractivity (Wildman–Crippen MR) is 111 cm³/mol. The Morgan fingerprint density at radius 1 is 0.935 bits per heavy atom. The van der Waals surface area contributed by atoms with Gasteiger partial charge in [0, 0.05) is 34.6 Å². The van der Waals surface area contributed by atoms with Crippen molar-refractivity contribution in [3.05, 3.63) is 60.3 Å². The molecule has 0 aliphatic heterocycles. The van der Waals surface area contributed by atoms with E-state index in [0.717, 1.165) is 21.8 Å². The van der Waals surface area contributed by atoms with Crippen molar-refractivity contribution in [3.63, 3.8) is 0 Å². The molecule has 150 valence electrons. The standard InChI is InChI=1S/C20H10F2N8S/c21-13-2-1-12(31-13)10-3-4-25-19-17(10)27-20(28-19)18-14-11(29-30-18)7-26-16(15(14)22)9-5-23-8-24-6-9/h1-8H,(H,29,30)(H,25,27,28). The van der Waals surface area contributed by atoms with Crippen LogP contribution in [-0.4, -0.2) is 40.1 Å². The highest BCUT2D eigenvalue weighted by Gasteiger charge is 2.21. The molecule has 0 aliphatic carbocycles. The smallest absolute Gasteiger partial charge is 0.178 e. The first-order valence-corrected chi connectivity index (χ1v) is 9.89. The van der Waals surface area contributed by atoms with Crippen molar-refractivity contribution in [2.75, 3.05) is 0 Å². The Bertz CT molecular complexity index is 1570. The van der Waals surface area contributed by atoms with Crippen LogP contribution in [-0.2, 0) is 0 Å². The molecule has 6 aromatic rings. The number of hydrogen-bond donors (Lipinski definition) is 2. The third-order valence-corrected chi connectivity index (χ3v) is 5.74. The van der Waals surface area contributed by atoms with E-state index in [1.165, 1.54) is 31.0 Å². The first-order chi connectivity index (χ1) is 15.2. The molecular weight excluding hydrogens is 422 g/mol. The van der Waals surface area contributed by atoms with Gasteiger partial charge in [-0.15, -0.1) is 11.3 Å². The van der Waals surface area contributed by atoms with Gasteiger partial charge >= 0.3 is 0 Å². The van der Waals surface area contributed by atoms with Gasteiger partial charge in [-0.3, -0.25) is 10.1 Å². The molecule has 6 heterocycles. The quantitative estimate of drug-likeness (QED) is 0.430. The van der Waals surface area contributed by atoms with Gasteiger partial charge in [0.25, 0.3) is 0 Å². The summed E-state index contributed by atoms with van der Waals surface area (Å²) in [5, 5.41) is 6.98. The molecule has 8 nitrogen and oxygen atoms in total. The lowest BCUT2D eigenvalue weighted by Gasteiger charge is -2.03. The third-order valence-electron chi connectivity index (χ3n) is 4.83. The SMILES string of the molecule is Fc1ccc(-c2ccnc3nc(-c4n[nH]c5cnc(-c6cncnc6)c(F)c45)[nH]c23)s1. The molecule has 2 N–H and O–H groups in total. The minimum Gasteiger partial charge on any atom is -0.335 e.